The molecule has 1 aromatic rings. The van der Waals surface area contributed by atoms with Gasteiger partial charge >= 0.3 is 0 Å². The number of pyridine rings is 1. The zero-order valence-electron chi connectivity index (χ0n) is 6.55. The Kier molecular flexibility index (Phi) is 2.28. The fourth-order valence-electron chi connectivity index (χ4n) is 1.10. The number of nitrogens with one attached hydrogen (secondary N) is 2. The molecule has 2 N–H and O–H groups in total. The molecule has 0 spiro atoms. The van der Waals surface area contributed by atoms with Gasteiger partial charge in [0.2, 0.25) is 0 Å². The lowest BCUT2D eigenvalue weighted by atomic mass is 10.2. The van der Waals surface area contributed by atoms with Gasteiger partial charge in [0.25, 0.3) is 0 Å². The second kappa shape index (κ2) is 3.41. The van der Waals surface area contributed by atoms with E-state index >= 15 is 0 Å². The van der Waals surface area contributed by atoms with Crippen molar-refractivity contribution in [2.24, 2.45) is 0 Å². The molecule has 1 aliphatic rings. The predicted molar refractivity (Wildman–Crippen MR) is 52.2 cm³/mol. The van der Waals surface area contributed by atoms with E-state index in [0.717, 1.165) is 23.2 Å². The average Bonchev–Trinajstić information content (AvgIpc) is 2.00. The summed E-state index contributed by atoms with van der Waals surface area (Å²) in [5.74, 6) is 0. The summed E-state index contributed by atoms with van der Waals surface area (Å²) < 4.78 is 1.02. The van der Waals surface area contributed by atoms with Crippen LogP contribution in [0, 0.1) is 0 Å². The van der Waals surface area contributed by atoms with Crippen LogP contribution in [0.2, 0.25) is 0 Å². The molecule has 0 saturated carbocycles. The van der Waals surface area contributed by atoms with Gasteiger partial charge < -0.3 is 10.6 Å². The van der Waals surface area contributed by atoms with E-state index in [2.05, 4.69) is 31.5 Å². The van der Waals surface area contributed by atoms with Crippen LogP contribution in [-0.4, -0.2) is 24.1 Å². The summed E-state index contributed by atoms with van der Waals surface area (Å²) in [6.45, 7) is 2.10. The van der Waals surface area contributed by atoms with Gasteiger partial charge in [-0.15, -0.1) is 0 Å². The SMILES string of the molecule is Brc1cnccc1NC1CNC1. The molecule has 12 heavy (non-hydrogen) atoms. The number of aromatic nitrogens is 1. The Balaban J connectivity index is 2.06. The van der Waals surface area contributed by atoms with Crippen molar-refractivity contribution in [1.82, 2.24) is 10.3 Å². The van der Waals surface area contributed by atoms with Gasteiger partial charge in [-0.25, -0.2) is 0 Å². The van der Waals surface area contributed by atoms with E-state index < -0.39 is 0 Å². The Morgan fingerprint density at radius 2 is 2.42 bits per heavy atom. The summed E-state index contributed by atoms with van der Waals surface area (Å²) in [5.41, 5.74) is 1.12. The van der Waals surface area contributed by atoms with Crippen LogP contribution in [0.1, 0.15) is 0 Å². The summed E-state index contributed by atoms with van der Waals surface area (Å²) in [6.07, 6.45) is 3.59. The zero-order valence-corrected chi connectivity index (χ0v) is 8.13. The van der Waals surface area contributed by atoms with Crippen LogP contribution >= 0.6 is 15.9 Å². The first kappa shape index (κ1) is 8.01. The van der Waals surface area contributed by atoms with Gasteiger partial charge in [-0.2, -0.15) is 0 Å². The van der Waals surface area contributed by atoms with Gasteiger partial charge in [-0.05, 0) is 22.0 Å². The molecule has 1 fully saturated rings. The highest BCUT2D eigenvalue weighted by molar-refractivity contribution is 9.10. The Morgan fingerprint density at radius 1 is 1.58 bits per heavy atom. The first-order valence-electron chi connectivity index (χ1n) is 3.93. The number of hydrogen-bond acceptors (Lipinski definition) is 3. The van der Waals surface area contributed by atoms with Gasteiger partial charge in [0.05, 0.1) is 16.2 Å². The molecule has 0 amide bonds. The molecule has 0 unspecified atom stereocenters. The lowest BCUT2D eigenvalue weighted by Crippen LogP contribution is -2.51. The molecule has 0 radical (unpaired) electrons. The molecule has 3 nitrogen and oxygen atoms in total. The average molecular weight is 228 g/mol. The molecule has 2 rings (SSSR count). The molecule has 0 bridgehead atoms. The third-order valence-corrected chi connectivity index (χ3v) is 2.55. The van der Waals surface area contributed by atoms with Gasteiger partial charge in [0.15, 0.2) is 0 Å². The molecule has 0 aliphatic carbocycles. The topological polar surface area (TPSA) is 37.0 Å². The van der Waals surface area contributed by atoms with Crippen molar-refractivity contribution in [2.75, 3.05) is 18.4 Å². The van der Waals surface area contributed by atoms with Crippen LogP contribution in [0.15, 0.2) is 22.9 Å². The summed E-state index contributed by atoms with van der Waals surface area (Å²) in [4.78, 5) is 3.99. The summed E-state index contributed by atoms with van der Waals surface area (Å²) >= 11 is 3.43. The molecule has 64 valence electrons. The van der Waals surface area contributed by atoms with Crippen LogP contribution in [0.25, 0.3) is 0 Å². The zero-order chi connectivity index (χ0) is 8.39. The van der Waals surface area contributed by atoms with Gasteiger partial charge in [0.1, 0.15) is 0 Å². The summed E-state index contributed by atoms with van der Waals surface area (Å²) in [6, 6.07) is 2.55. The van der Waals surface area contributed by atoms with Crippen LogP contribution in [-0.2, 0) is 0 Å². The Morgan fingerprint density at radius 3 is 3.00 bits per heavy atom. The highest BCUT2D eigenvalue weighted by Crippen LogP contribution is 2.21. The maximum Gasteiger partial charge on any atom is 0.0590 e. The van der Waals surface area contributed by atoms with E-state index in [9.17, 15) is 0 Å². The Bertz CT molecular complexity index is 273. The molecule has 2 heterocycles. The van der Waals surface area contributed by atoms with Crippen molar-refractivity contribution in [3.63, 3.8) is 0 Å². The van der Waals surface area contributed by atoms with Crippen LogP contribution in [0.4, 0.5) is 5.69 Å². The van der Waals surface area contributed by atoms with Crippen molar-refractivity contribution >= 4 is 21.6 Å². The maximum atomic E-state index is 3.99. The minimum absolute atomic E-state index is 0.573. The number of hydrogen-bond donors (Lipinski definition) is 2. The quantitative estimate of drug-likeness (QED) is 0.799. The van der Waals surface area contributed by atoms with Crippen LogP contribution < -0.4 is 10.6 Å². The molecule has 0 aromatic carbocycles. The van der Waals surface area contributed by atoms with Gasteiger partial charge in [-0.1, -0.05) is 0 Å². The fourth-order valence-corrected chi connectivity index (χ4v) is 1.47. The Hall–Kier alpha value is -0.610. The third kappa shape index (κ3) is 1.59. The minimum atomic E-state index is 0.573. The number of nitrogens with zero attached hydrogens (tertiary/aromatic N) is 1. The van der Waals surface area contributed by atoms with Crippen LogP contribution in [0.3, 0.4) is 0 Å². The smallest absolute Gasteiger partial charge is 0.0590 e. The van der Waals surface area contributed by atoms with Gasteiger partial charge in [0, 0.05) is 25.5 Å². The molecule has 0 atom stereocenters. The number of rotatable bonds is 2. The van der Waals surface area contributed by atoms with E-state index in [0.29, 0.717) is 6.04 Å². The van der Waals surface area contributed by atoms with E-state index in [-0.39, 0.29) is 0 Å². The largest absolute Gasteiger partial charge is 0.379 e. The van der Waals surface area contributed by atoms with Crippen molar-refractivity contribution in [3.8, 4) is 0 Å². The van der Waals surface area contributed by atoms with E-state index in [1.165, 1.54) is 0 Å². The normalized spacial score (nSPS) is 17.1. The van der Waals surface area contributed by atoms with E-state index in [4.69, 9.17) is 0 Å². The highest BCUT2D eigenvalue weighted by atomic mass is 79.9. The number of halogens is 1. The molecular formula is C8H10BrN3. The molecule has 1 saturated heterocycles. The predicted octanol–water partition coefficient (Wildman–Crippen LogP) is 1.23. The van der Waals surface area contributed by atoms with Crippen molar-refractivity contribution < 1.29 is 0 Å². The lowest BCUT2D eigenvalue weighted by molar-refractivity contribution is 0.472. The summed E-state index contributed by atoms with van der Waals surface area (Å²) in [5, 5.41) is 6.60. The van der Waals surface area contributed by atoms with Crippen molar-refractivity contribution in [1.29, 1.82) is 0 Å². The monoisotopic (exact) mass is 227 g/mol. The maximum absolute atomic E-state index is 3.99. The minimum Gasteiger partial charge on any atom is -0.379 e. The van der Waals surface area contributed by atoms with Crippen LogP contribution in [0.5, 0.6) is 0 Å². The van der Waals surface area contributed by atoms with Gasteiger partial charge in [-0.3, -0.25) is 4.98 Å². The first-order chi connectivity index (χ1) is 5.86. The second-order valence-corrected chi connectivity index (χ2v) is 3.71. The lowest BCUT2D eigenvalue weighted by Gasteiger charge is -2.29. The van der Waals surface area contributed by atoms with Crippen molar-refractivity contribution in [3.05, 3.63) is 22.9 Å². The number of anilines is 1. The van der Waals surface area contributed by atoms with E-state index in [1.807, 2.05) is 6.07 Å². The molecule has 4 heteroatoms. The standard InChI is InChI=1S/C8H10BrN3/c9-7-5-10-2-1-8(7)12-6-3-11-4-6/h1-2,5-6,11H,3-4H2,(H,10,12). The van der Waals surface area contributed by atoms with E-state index in [1.54, 1.807) is 12.4 Å². The highest BCUT2D eigenvalue weighted by Gasteiger charge is 2.16. The Labute approximate surface area is 79.7 Å². The third-order valence-electron chi connectivity index (χ3n) is 1.91. The first-order valence-corrected chi connectivity index (χ1v) is 4.72. The van der Waals surface area contributed by atoms with Crippen molar-refractivity contribution in [2.45, 2.75) is 6.04 Å². The molecule has 1 aromatic heterocycles. The molecular weight excluding hydrogens is 218 g/mol. The fraction of sp³-hybridized carbons (Fsp3) is 0.375. The molecule has 1 aliphatic heterocycles. The summed E-state index contributed by atoms with van der Waals surface area (Å²) in [7, 11) is 0. The second-order valence-electron chi connectivity index (χ2n) is 2.86.